The lowest BCUT2D eigenvalue weighted by Crippen LogP contribution is -2.47. The zero-order valence-electron chi connectivity index (χ0n) is 19.0. The molecule has 0 amide bonds. The minimum Gasteiger partial charge on any atom is -0.484 e. The number of ether oxygens (including phenoxy) is 1. The van der Waals surface area contributed by atoms with Crippen molar-refractivity contribution >= 4 is 51.5 Å². The molecule has 1 fully saturated rings. The number of nitrogens with zero attached hydrogens (tertiary/aromatic N) is 4. The quantitative estimate of drug-likeness (QED) is 0.272. The summed E-state index contributed by atoms with van der Waals surface area (Å²) in [4.78, 5) is 9.78. The van der Waals surface area contributed by atoms with Crippen LogP contribution in [0.2, 0.25) is 15.1 Å². The lowest BCUT2D eigenvalue weighted by Gasteiger charge is -2.40. The van der Waals surface area contributed by atoms with Gasteiger partial charge >= 0.3 is 6.18 Å². The van der Waals surface area contributed by atoms with E-state index in [0.717, 1.165) is 12.5 Å². The van der Waals surface area contributed by atoms with Gasteiger partial charge in [-0.2, -0.15) is 18.3 Å². The Labute approximate surface area is 219 Å². The summed E-state index contributed by atoms with van der Waals surface area (Å²) in [7, 11) is 0. The SMILES string of the molecule is C[C@@H](Oc1cc2c(-c3cnc(N4CC[C@@H]4C)c(C(F)(F)F)c3)n[nH]c2cc1Cl)c1c(Cl)cncc1Cl. The van der Waals surface area contributed by atoms with E-state index in [1.54, 1.807) is 24.0 Å². The molecule has 188 valence electrons. The van der Waals surface area contributed by atoms with E-state index >= 15 is 0 Å². The van der Waals surface area contributed by atoms with Gasteiger partial charge in [0.15, 0.2) is 0 Å². The number of H-pyrrole nitrogens is 1. The van der Waals surface area contributed by atoms with Crippen molar-refractivity contribution in [3.05, 3.63) is 63.0 Å². The van der Waals surface area contributed by atoms with Crippen LogP contribution < -0.4 is 9.64 Å². The van der Waals surface area contributed by atoms with Crippen molar-refractivity contribution < 1.29 is 17.9 Å². The molecule has 4 heterocycles. The maximum atomic E-state index is 14.0. The highest BCUT2D eigenvalue weighted by molar-refractivity contribution is 6.36. The maximum absolute atomic E-state index is 14.0. The van der Waals surface area contributed by atoms with Crippen LogP contribution in [0.4, 0.5) is 19.0 Å². The molecular weight excluding hydrogens is 538 g/mol. The van der Waals surface area contributed by atoms with Gasteiger partial charge in [0.05, 0.1) is 26.1 Å². The van der Waals surface area contributed by atoms with E-state index in [9.17, 15) is 13.2 Å². The van der Waals surface area contributed by atoms with Gasteiger partial charge in [-0.1, -0.05) is 34.8 Å². The molecule has 0 aliphatic carbocycles. The monoisotopic (exact) mass is 555 g/mol. The van der Waals surface area contributed by atoms with E-state index in [4.69, 9.17) is 39.5 Å². The zero-order chi connectivity index (χ0) is 25.8. The van der Waals surface area contributed by atoms with Gasteiger partial charge in [-0.15, -0.1) is 0 Å². The molecular formula is C24H19Cl3F3N5O. The van der Waals surface area contributed by atoms with Crippen LogP contribution in [0.5, 0.6) is 5.75 Å². The normalized spacial score (nSPS) is 16.8. The van der Waals surface area contributed by atoms with Crippen molar-refractivity contribution in [3.63, 3.8) is 0 Å². The summed E-state index contributed by atoms with van der Waals surface area (Å²) < 4.78 is 47.9. The van der Waals surface area contributed by atoms with Crippen LogP contribution >= 0.6 is 34.8 Å². The molecule has 0 saturated carbocycles. The van der Waals surface area contributed by atoms with Crippen LogP contribution in [0.15, 0.2) is 36.8 Å². The molecule has 0 bridgehead atoms. The average molecular weight is 557 g/mol. The number of fused-ring (bicyclic) bond motifs is 1. The third-order valence-corrected chi connectivity index (χ3v) is 7.15. The highest BCUT2D eigenvalue weighted by Gasteiger charge is 2.39. The van der Waals surface area contributed by atoms with Gasteiger partial charge in [0.1, 0.15) is 23.4 Å². The number of nitrogens with one attached hydrogen (secondary N) is 1. The van der Waals surface area contributed by atoms with E-state index in [2.05, 4.69) is 20.2 Å². The van der Waals surface area contributed by atoms with E-state index in [1.807, 2.05) is 6.92 Å². The molecule has 5 rings (SSSR count). The Morgan fingerprint density at radius 3 is 2.42 bits per heavy atom. The summed E-state index contributed by atoms with van der Waals surface area (Å²) in [5, 5.41) is 8.54. The first-order valence-corrected chi connectivity index (χ1v) is 12.2. The second kappa shape index (κ2) is 9.28. The summed E-state index contributed by atoms with van der Waals surface area (Å²) in [6.45, 7) is 4.16. The van der Waals surface area contributed by atoms with Gasteiger partial charge in [-0.25, -0.2) is 4.98 Å². The van der Waals surface area contributed by atoms with Gasteiger partial charge in [-0.05, 0) is 38.5 Å². The maximum Gasteiger partial charge on any atom is 0.419 e. The van der Waals surface area contributed by atoms with Gasteiger partial charge < -0.3 is 9.64 Å². The van der Waals surface area contributed by atoms with E-state index in [-0.39, 0.29) is 22.4 Å². The predicted octanol–water partition coefficient (Wildman–Crippen LogP) is 7.74. The van der Waals surface area contributed by atoms with Gasteiger partial charge in [0.25, 0.3) is 0 Å². The lowest BCUT2D eigenvalue weighted by molar-refractivity contribution is -0.137. The number of hydrogen-bond acceptors (Lipinski definition) is 5. The fraction of sp³-hybridized carbons (Fsp3) is 0.292. The largest absolute Gasteiger partial charge is 0.484 e. The molecule has 1 aliphatic rings. The minimum atomic E-state index is -4.57. The molecule has 0 unspecified atom stereocenters. The number of anilines is 1. The van der Waals surface area contributed by atoms with Gasteiger partial charge in [0.2, 0.25) is 0 Å². The Kier molecular flexibility index (Phi) is 6.43. The van der Waals surface area contributed by atoms with Crippen LogP contribution in [0.25, 0.3) is 22.2 Å². The second-order valence-corrected chi connectivity index (χ2v) is 9.82. The summed E-state index contributed by atoms with van der Waals surface area (Å²) in [6.07, 6.45) is -0.0260. The van der Waals surface area contributed by atoms with Crippen LogP contribution in [-0.4, -0.2) is 32.8 Å². The number of alkyl halides is 3. The first-order chi connectivity index (χ1) is 17.0. The number of hydrogen-bond donors (Lipinski definition) is 1. The highest BCUT2D eigenvalue weighted by Crippen LogP contribution is 2.42. The Bertz CT molecular complexity index is 1440. The topological polar surface area (TPSA) is 66.9 Å². The van der Waals surface area contributed by atoms with Crippen molar-refractivity contribution in [2.45, 2.75) is 38.6 Å². The molecule has 12 heteroatoms. The smallest absolute Gasteiger partial charge is 0.419 e. The summed E-state index contributed by atoms with van der Waals surface area (Å²) in [6, 6.07) is 4.30. The van der Waals surface area contributed by atoms with Gasteiger partial charge in [0, 0.05) is 47.7 Å². The van der Waals surface area contributed by atoms with E-state index in [1.165, 1.54) is 18.6 Å². The summed E-state index contributed by atoms with van der Waals surface area (Å²) >= 11 is 18.9. The van der Waals surface area contributed by atoms with Crippen molar-refractivity contribution in [2.75, 3.05) is 11.4 Å². The molecule has 2 atom stereocenters. The van der Waals surface area contributed by atoms with Crippen LogP contribution in [0.1, 0.15) is 37.5 Å². The summed E-state index contributed by atoms with van der Waals surface area (Å²) in [5.74, 6) is 0.218. The zero-order valence-corrected chi connectivity index (χ0v) is 21.3. The van der Waals surface area contributed by atoms with Crippen molar-refractivity contribution in [3.8, 4) is 17.0 Å². The molecule has 6 nitrogen and oxygen atoms in total. The first-order valence-electron chi connectivity index (χ1n) is 11.0. The standard InChI is InChI=1S/C24H19Cl3F3N5O/c1-11-3-4-35(11)23-15(24(28,29)30)5-13(8-32-23)22-14-6-20(16(25)7-19(14)33-34-22)36-12(2)21-17(26)9-31-10-18(21)27/h5-12H,3-4H2,1-2H3,(H,33,34)/t11-,12+/m0/s1. The average Bonchev–Trinajstić information content (AvgIpc) is 3.20. The van der Waals surface area contributed by atoms with Crippen LogP contribution in [-0.2, 0) is 6.18 Å². The molecule has 1 aromatic carbocycles. The minimum absolute atomic E-state index is 0.00176. The Hall–Kier alpha value is -2.75. The van der Waals surface area contributed by atoms with Crippen LogP contribution in [0.3, 0.4) is 0 Å². The van der Waals surface area contributed by atoms with Crippen molar-refractivity contribution in [1.82, 2.24) is 20.2 Å². The third kappa shape index (κ3) is 4.44. The lowest BCUT2D eigenvalue weighted by atomic mass is 10.0. The number of halogens is 6. The molecule has 4 aromatic rings. The highest BCUT2D eigenvalue weighted by atomic mass is 35.5. The summed E-state index contributed by atoms with van der Waals surface area (Å²) in [5.41, 5.74) is 0.770. The second-order valence-electron chi connectivity index (χ2n) is 8.60. The number of aromatic amines is 1. The predicted molar refractivity (Wildman–Crippen MR) is 134 cm³/mol. The van der Waals surface area contributed by atoms with E-state index < -0.39 is 17.8 Å². The first kappa shape index (κ1) is 24.9. The number of aromatic nitrogens is 4. The Morgan fingerprint density at radius 2 is 1.81 bits per heavy atom. The van der Waals surface area contributed by atoms with Crippen molar-refractivity contribution in [2.24, 2.45) is 0 Å². The molecule has 0 radical (unpaired) electrons. The van der Waals surface area contributed by atoms with Crippen LogP contribution in [0, 0.1) is 0 Å². The Balaban J connectivity index is 1.55. The Morgan fingerprint density at radius 1 is 1.08 bits per heavy atom. The number of pyridine rings is 2. The molecule has 1 saturated heterocycles. The molecule has 1 aliphatic heterocycles. The molecule has 0 spiro atoms. The fourth-order valence-corrected chi connectivity index (χ4v) is 5.12. The van der Waals surface area contributed by atoms with E-state index in [0.29, 0.717) is 44.5 Å². The third-order valence-electron chi connectivity index (χ3n) is 6.25. The fourth-order valence-electron chi connectivity index (χ4n) is 4.24. The molecule has 1 N–H and O–H groups in total. The van der Waals surface area contributed by atoms with Crippen molar-refractivity contribution in [1.29, 1.82) is 0 Å². The number of benzene rings is 1. The van der Waals surface area contributed by atoms with Gasteiger partial charge in [-0.3, -0.25) is 10.1 Å². The molecule has 3 aromatic heterocycles. The number of rotatable bonds is 5. The molecule has 36 heavy (non-hydrogen) atoms.